The Morgan fingerprint density at radius 1 is 0.969 bits per heavy atom. The highest BCUT2D eigenvalue weighted by molar-refractivity contribution is 6.20. The maximum Gasteiger partial charge on any atom is 0.336 e. The Kier molecular flexibility index (Phi) is 5.76. The van der Waals surface area contributed by atoms with Gasteiger partial charge in [0.1, 0.15) is 11.1 Å². The Bertz CT molecular complexity index is 1000. The first-order valence-corrected chi connectivity index (χ1v) is 10.2. The Morgan fingerprint density at radius 3 is 2.00 bits per heavy atom. The third-order valence-corrected chi connectivity index (χ3v) is 6.34. The zero-order valence-corrected chi connectivity index (χ0v) is 19.6. The fourth-order valence-corrected chi connectivity index (χ4v) is 4.37. The lowest BCUT2D eigenvalue weighted by Gasteiger charge is -2.48. The van der Waals surface area contributed by atoms with Crippen LogP contribution >= 0.6 is 0 Å². The smallest absolute Gasteiger partial charge is 0.336 e. The Morgan fingerprint density at radius 2 is 1.53 bits per heavy atom. The van der Waals surface area contributed by atoms with Crippen molar-refractivity contribution in [3.05, 3.63) is 28.8 Å². The van der Waals surface area contributed by atoms with Gasteiger partial charge in [0.15, 0.2) is 17.3 Å². The summed E-state index contributed by atoms with van der Waals surface area (Å²) in [6.07, 6.45) is 0. The van der Waals surface area contributed by atoms with Gasteiger partial charge in [0, 0.05) is 11.1 Å². The normalized spacial score (nSPS) is 25.8. The van der Waals surface area contributed by atoms with Gasteiger partial charge in [0.2, 0.25) is 5.75 Å². The predicted octanol–water partition coefficient (Wildman–Crippen LogP) is 2.21. The number of nitrogens with one attached hydrogen (secondary N) is 1. The topological polar surface area (TPSA) is 109 Å². The van der Waals surface area contributed by atoms with E-state index in [1.165, 1.54) is 40.4 Å². The molecule has 2 aliphatic rings. The number of esters is 2. The molecule has 0 radical (unpaired) electrons. The van der Waals surface area contributed by atoms with Gasteiger partial charge in [-0.15, -0.1) is 0 Å². The van der Waals surface area contributed by atoms with Crippen LogP contribution in [0.1, 0.15) is 45.0 Å². The maximum absolute atomic E-state index is 13.9. The first kappa shape index (κ1) is 23.6. The number of cyclic esters (lactones) is 1. The summed E-state index contributed by atoms with van der Waals surface area (Å²) in [7, 11) is 4.32. The van der Waals surface area contributed by atoms with Gasteiger partial charge in [-0.2, -0.15) is 0 Å². The van der Waals surface area contributed by atoms with Crippen molar-refractivity contribution < 1.29 is 38.1 Å². The van der Waals surface area contributed by atoms with Crippen molar-refractivity contribution in [1.82, 2.24) is 5.32 Å². The molecule has 0 amide bonds. The van der Waals surface area contributed by atoms with Crippen LogP contribution in [0.4, 0.5) is 0 Å². The molecule has 32 heavy (non-hydrogen) atoms. The quantitative estimate of drug-likeness (QED) is 0.497. The second kappa shape index (κ2) is 7.81. The molecule has 0 unspecified atom stereocenters. The van der Waals surface area contributed by atoms with Gasteiger partial charge in [0.25, 0.3) is 0 Å². The summed E-state index contributed by atoms with van der Waals surface area (Å²) in [5.74, 6) is -1.05. The molecular formula is C23H29NO8. The Labute approximate surface area is 187 Å². The van der Waals surface area contributed by atoms with Crippen molar-refractivity contribution in [2.75, 3.05) is 27.9 Å². The summed E-state index contributed by atoms with van der Waals surface area (Å²) >= 11 is 0. The molecule has 2 atom stereocenters. The molecule has 1 N–H and O–H groups in total. The third kappa shape index (κ3) is 3.14. The highest BCUT2D eigenvalue weighted by atomic mass is 16.6. The molecule has 0 saturated carbocycles. The minimum absolute atomic E-state index is 0.0247. The summed E-state index contributed by atoms with van der Waals surface area (Å²) in [4.78, 5) is 40.1. The van der Waals surface area contributed by atoms with Gasteiger partial charge in [-0.1, -0.05) is 0 Å². The van der Waals surface area contributed by atoms with Gasteiger partial charge in [-0.25, -0.2) is 9.59 Å². The van der Waals surface area contributed by atoms with Crippen molar-refractivity contribution >= 4 is 17.7 Å². The SMILES string of the molecule is CCOC(=O)C1=C(C(=O)c2cc(OC)c(OC)c(OC)c2)[C@]2(C)N[C@@]1(C)C(C)(C)OC2=O. The first-order valence-electron chi connectivity index (χ1n) is 10.2. The van der Waals surface area contributed by atoms with Crippen molar-refractivity contribution in [3.63, 3.8) is 0 Å². The summed E-state index contributed by atoms with van der Waals surface area (Å²) in [6, 6.07) is 2.95. The van der Waals surface area contributed by atoms with Crippen molar-refractivity contribution in [3.8, 4) is 17.2 Å². The molecule has 2 aliphatic heterocycles. The Hall–Kier alpha value is -3.07. The minimum Gasteiger partial charge on any atom is -0.493 e. The van der Waals surface area contributed by atoms with E-state index in [0.717, 1.165) is 0 Å². The zero-order chi connectivity index (χ0) is 24.1. The van der Waals surface area contributed by atoms with Gasteiger partial charge in [0.05, 0.1) is 39.0 Å². The molecule has 3 rings (SSSR count). The van der Waals surface area contributed by atoms with E-state index < -0.39 is 34.4 Å². The van der Waals surface area contributed by atoms with Crippen LogP contribution in [0, 0.1) is 0 Å². The van der Waals surface area contributed by atoms with Crippen molar-refractivity contribution in [2.24, 2.45) is 0 Å². The number of methoxy groups -OCH3 is 3. The van der Waals surface area contributed by atoms with Crippen LogP contribution in [0.2, 0.25) is 0 Å². The molecule has 9 nitrogen and oxygen atoms in total. The largest absolute Gasteiger partial charge is 0.493 e. The third-order valence-electron chi connectivity index (χ3n) is 6.34. The average Bonchev–Trinajstić information content (AvgIpc) is 2.98. The summed E-state index contributed by atoms with van der Waals surface area (Å²) < 4.78 is 27.0. The summed E-state index contributed by atoms with van der Waals surface area (Å²) in [5.41, 5.74) is -3.64. The molecule has 0 spiro atoms. The molecule has 1 fully saturated rings. The van der Waals surface area contributed by atoms with Gasteiger partial charge in [-0.3, -0.25) is 10.1 Å². The fraction of sp³-hybridized carbons (Fsp3) is 0.522. The molecule has 1 saturated heterocycles. The van der Waals surface area contributed by atoms with E-state index in [4.69, 9.17) is 23.7 Å². The van der Waals surface area contributed by atoms with Gasteiger partial charge in [-0.05, 0) is 46.8 Å². The number of ether oxygens (including phenoxy) is 5. The standard InChI is InChI=1S/C23H29NO8/c1-9-31-19(26)16-15(22(4)20(27)32-21(2,3)23(16,5)24-22)17(25)12-10-13(28-6)18(30-8)14(11-12)29-7/h10-11,24H,9H2,1-8H3/t22-,23+/m0/s1. The fourth-order valence-electron chi connectivity index (χ4n) is 4.37. The average molecular weight is 447 g/mol. The number of benzene rings is 1. The molecule has 1 aromatic carbocycles. The van der Waals surface area contributed by atoms with E-state index in [1.807, 2.05) is 0 Å². The van der Waals surface area contributed by atoms with Crippen LogP contribution in [0.15, 0.2) is 23.3 Å². The molecule has 2 heterocycles. The van der Waals surface area contributed by atoms with E-state index >= 15 is 0 Å². The number of hydrogen-bond acceptors (Lipinski definition) is 9. The summed E-state index contributed by atoms with van der Waals surface area (Å²) in [6.45, 7) is 8.40. The second-order valence-electron chi connectivity index (χ2n) is 8.49. The van der Waals surface area contributed by atoms with E-state index in [0.29, 0.717) is 5.75 Å². The highest BCUT2D eigenvalue weighted by Crippen LogP contribution is 2.50. The Balaban J connectivity index is 2.32. The molecular weight excluding hydrogens is 418 g/mol. The van der Waals surface area contributed by atoms with Crippen LogP contribution in [-0.4, -0.2) is 62.3 Å². The van der Waals surface area contributed by atoms with Gasteiger partial charge >= 0.3 is 11.9 Å². The lowest BCUT2D eigenvalue weighted by atomic mass is 9.77. The number of carbonyl (C=O) groups is 3. The van der Waals surface area contributed by atoms with E-state index in [-0.39, 0.29) is 34.8 Å². The number of carbonyl (C=O) groups excluding carboxylic acids is 3. The van der Waals surface area contributed by atoms with E-state index in [2.05, 4.69) is 5.32 Å². The number of ketones is 1. The molecule has 0 aromatic heterocycles. The molecule has 2 bridgehead atoms. The lowest BCUT2D eigenvalue weighted by Crippen LogP contribution is -2.71. The molecule has 9 heteroatoms. The number of rotatable bonds is 7. The summed E-state index contributed by atoms with van der Waals surface area (Å²) in [5, 5.41) is 3.20. The predicted molar refractivity (Wildman–Crippen MR) is 114 cm³/mol. The number of fused-ring (bicyclic) bond motifs is 2. The van der Waals surface area contributed by atoms with Crippen LogP contribution < -0.4 is 19.5 Å². The lowest BCUT2D eigenvalue weighted by molar-refractivity contribution is -0.180. The number of hydrogen-bond donors (Lipinski definition) is 1. The number of morpholine rings is 1. The number of Topliss-reactive ketones (excluding diaryl/α,β-unsaturated/α-hetero) is 1. The van der Waals surface area contributed by atoms with Crippen molar-refractivity contribution in [2.45, 2.75) is 51.3 Å². The molecule has 0 aliphatic carbocycles. The van der Waals surface area contributed by atoms with Crippen LogP contribution in [0.5, 0.6) is 17.2 Å². The van der Waals surface area contributed by atoms with E-state index in [9.17, 15) is 14.4 Å². The van der Waals surface area contributed by atoms with Crippen LogP contribution in [0.25, 0.3) is 0 Å². The minimum atomic E-state index is -1.55. The zero-order valence-electron chi connectivity index (χ0n) is 19.6. The van der Waals surface area contributed by atoms with E-state index in [1.54, 1.807) is 27.7 Å². The van der Waals surface area contributed by atoms with Crippen molar-refractivity contribution in [1.29, 1.82) is 0 Å². The first-order chi connectivity index (χ1) is 14.9. The molecule has 1 aromatic rings. The second-order valence-corrected chi connectivity index (χ2v) is 8.49. The monoisotopic (exact) mass is 447 g/mol. The van der Waals surface area contributed by atoms with Gasteiger partial charge < -0.3 is 23.7 Å². The van der Waals surface area contributed by atoms with Crippen LogP contribution in [0.3, 0.4) is 0 Å². The maximum atomic E-state index is 13.9. The molecule has 174 valence electrons. The van der Waals surface area contributed by atoms with Crippen LogP contribution in [-0.2, 0) is 19.1 Å². The highest BCUT2D eigenvalue weighted by Gasteiger charge is 2.68.